The van der Waals surface area contributed by atoms with Crippen molar-refractivity contribution >= 4 is 0 Å². The maximum absolute atomic E-state index is 3.80. The summed E-state index contributed by atoms with van der Waals surface area (Å²) < 4.78 is 0. The van der Waals surface area contributed by atoms with E-state index in [0.29, 0.717) is 6.04 Å². The standard InChI is InChI=1S/C18H28N2/c1-3-14-7-9-15(10-8-14)13-19-16-11-17-5-4-6-18(12-16)20(17)2/h7-10,16-19H,3-6,11-13H2,1-2H3. The lowest BCUT2D eigenvalue weighted by molar-refractivity contribution is 0.0482. The van der Waals surface area contributed by atoms with Gasteiger partial charge >= 0.3 is 0 Å². The van der Waals surface area contributed by atoms with Gasteiger partial charge < -0.3 is 10.2 Å². The van der Waals surface area contributed by atoms with Crippen LogP contribution in [0.25, 0.3) is 0 Å². The van der Waals surface area contributed by atoms with E-state index in [0.717, 1.165) is 25.0 Å². The molecule has 1 aromatic carbocycles. The zero-order valence-corrected chi connectivity index (χ0v) is 12.9. The van der Waals surface area contributed by atoms with Crippen LogP contribution < -0.4 is 5.32 Å². The maximum atomic E-state index is 3.80. The second-order valence-electron chi connectivity index (χ2n) is 6.62. The number of nitrogens with one attached hydrogen (secondary N) is 1. The summed E-state index contributed by atoms with van der Waals surface area (Å²) in [7, 11) is 2.33. The van der Waals surface area contributed by atoms with E-state index in [-0.39, 0.29) is 0 Å². The average Bonchev–Trinajstić information content (AvgIpc) is 2.46. The van der Waals surface area contributed by atoms with Gasteiger partial charge in [0, 0.05) is 24.7 Å². The van der Waals surface area contributed by atoms with Crippen molar-refractivity contribution < 1.29 is 0 Å². The molecule has 2 atom stereocenters. The smallest absolute Gasteiger partial charge is 0.0208 e. The first kappa shape index (κ1) is 14.1. The molecule has 0 radical (unpaired) electrons. The number of hydrogen-bond acceptors (Lipinski definition) is 2. The Morgan fingerprint density at radius 2 is 1.65 bits per heavy atom. The highest BCUT2D eigenvalue weighted by atomic mass is 15.2. The van der Waals surface area contributed by atoms with E-state index in [2.05, 4.69) is 48.5 Å². The van der Waals surface area contributed by atoms with E-state index >= 15 is 0 Å². The summed E-state index contributed by atoms with van der Waals surface area (Å²) in [6.07, 6.45) is 8.03. The monoisotopic (exact) mass is 272 g/mol. The first-order valence-corrected chi connectivity index (χ1v) is 8.29. The molecule has 1 aromatic rings. The van der Waals surface area contributed by atoms with Gasteiger partial charge in [0.15, 0.2) is 0 Å². The lowest BCUT2D eigenvalue weighted by Crippen LogP contribution is -2.54. The van der Waals surface area contributed by atoms with Gasteiger partial charge in [-0.15, -0.1) is 0 Å². The van der Waals surface area contributed by atoms with Crippen LogP contribution in [0, 0.1) is 0 Å². The fourth-order valence-electron chi connectivity index (χ4n) is 3.94. The van der Waals surface area contributed by atoms with Crippen LogP contribution in [-0.4, -0.2) is 30.1 Å². The molecule has 20 heavy (non-hydrogen) atoms. The van der Waals surface area contributed by atoms with Crippen LogP contribution in [0.2, 0.25) is 0 Å². The van der Waals surface area contributed by atoms with Crippen LogP contribution in [0.5, 0.6) is 0 Å². The van der Waals surface area contributed by atoms with Crippen molar-refractivity contribution in [2.75, 3.05) is 7.05 Å². The third kappa shape index (κ3) is 3.07. The second kappa shape index (κ2) is 6.28. The molecular formula is C18H28N2. The molecule has 2 saturated heterocycles. The van der Waals surface area contributed by atoms with Gasteiger partial charge in [-0.3, -0.25) is 0 Å². The minimum absolute atomic E-state index is 0.715. The molecule has 2 fully saturated rings. The van der Waals surface area contributed by atoms with Gasteiger partial charge in [-0.25, -0.2) is 0 Å². The van der Waals surface area contributed by atoms with Crippen molar-refractivity contribution in [1.82, 2.24) is 10.2 Å². The minimum atomic E-state index is 0.715. The normalized spacial score (nSPS) is 30.4. The molecule has 2 heteroatoms. The number of fused-ring (bicyclic) bond motifs is 2. The summed E-state index contributed by atoms with van der Waals surface area (Å²) in [5, 5.41) is 3.80. The molecule has 1 N–H and O–H groups in total. The van der Waals surface area contributed by atoms with Gasteiger partial charge in [-0.1, -0.05) is 37.6 Å². The molecule has 2 aliphatic heterocycles. The molecule has 2 heterocycles. The van der Waals surface area contributed by atoms with Gasteiger partial charge in [0.2, 0.25) is 0 Å². The third-order valence-electron chi connectivity index (χ3n) is 5.37. The van der Waals surface area contributed by atoms with E-state index in [1.54, 1.807) is 0 Å². The topological polar surface area (TPSA) is 15.3 Å². The SMILES string of the molecule is CCc1ccc(CNC2CC3CCCC(C2)N3C)cc1. The second-order valence-corrected chi connectivity index (χ2v) is 6.62. The van der Waals surface area contributed by atoms with Gasteiger partial charge in [0.1, 0.15) is 0 Å². The predicted octanol–water partition coefficient (Wildman–Crippen LogP) is 3.35. The van der Waals surface area contributed by atoms with Crippen LogP contribution in [0.3, 0.4) is 0 Å². The lowest BCUT2D eigenvalue weighted by Gasteiger charge is -2.47. The largest absolute Gasteiger partial charge is 0.310 e. The molecule has 0 aromatic heterocycles. The van der Waals surface area contributed by atoms with Crippen LogP contribution >= 0.6 is 0 Å². The number of nitrogens with zero attached hydrogens (tertiary/aromatic N) is 1. The molecular weight excluding hydrogens is 244 g/mol. The maximum Gasteiger partial charge on any atom is 0.0208 e. The molecule has 110 valence electrons. The Hall–Kier alpha value is -0.860. The Kier molecular flexibility index (Phi) is 4.42. The van der Waals surface area contributed by atoms with Gasteiger partial charge in [-0.2, -0.15) is 0 Å². The highest BCUT2D eigenvalue weighted by molar-refractivity contribution is 5.22. The van der Waals surface area contributed by atoms with Crippen LogP contribution in [-0.2, 0) is 13.0 Å². The lowest BCUT2D eigenvalue weighted by atomic mass is 9.82. The molecule has 2 bridgehead atoms. The molecule has 0 amide bonds. The first-order chi connectivity index (χ1) is 9.76. The fourth-order valence-corrected chi connectivity index (χ4v) is 3.94. The Morgan fingerprint density at radius 3 is 2.25 bits per heavy atom. The minimum Gasteiger partial charge on any atom is -0.310 e. The number of piperidine rings is 2. The van der Waals surface area contributed by atoms with E-state index < -0.39 is 0 Å². The van der Waals surface area contributed by atoms with Crippen molar-refractivity contribution in [3.05, 3.63) is 35.4 Å². The molecule has 0 aliphatic carbocycles. The van der Waals surface area contributed by atoms with Crippen LogP contribution in [0.1, 0.15) is 50.2 Å². The number of benzene rings is 1. The molecule has 2 unspecified atom stereocenters. The van der Waals surface area contributed by atoms with E-state index in [4.69, 9.17) is 0 Å². The molecule has 3 rings (SSSR count). The summed E-state index contributed by atoms with van der Waals surface area (Å²) in [6, 6.07) is 11.4. The Balaban J connectivity index is 1.53. The quantitative estimate of drug-likeness (QED) is 0.904. The van der Waals surface area contributed by atoms with Crippen molar-refractivity contribution in [2.24, 2.45) is 0 Å². The van der Waals surface area contributed by atoms with Crippen LogP contribution in [0.15, 0.2) is 24.3 Å². The average molecular weight is 272 g/mol. The molecule has 0 spiro atoms. The van der Waals surface area contributed by atoms with Gasteiger partial charge in [-0.05, 0) is 50.3 Å². The van der Waals surface area contributed by atoms with Crippen molar-refractivity contribution in [2.45, 2.75) is 70.1 Å². The van der Waals surface area contributed by atoms with Gasteiger partial charge in [0.05, 0.1) is 0 Å². The van der Waals surface area contributed by atoms with Crippen molar-refractivity contribution in [3.63, 3.8) is 0 Å². The van der Waals surface area contributed by atoms with Crippen molar-refractivity contribution in [1.29, 1.82) is 0 Å². The summed E-state index contributed by atoms with van der Waals surface area (Å²) in [4.78, 5) is 2.64. The third-order valence-corrected chi connectivity index (χ3v) is 5.37. The summed E-state index contributed by atoms with van der Waals surface area (Å²) in [5.41, 5.74) is 2.86. The Labute approximate surface area is 123 Å². The number of rotatable bonds is 4. The predicted molar refractivity (Wildman–Crippen MR) is 84.9 cm³/mol. The summed E-state index contributed by atoms with van der Waals surface area (Å²) in [5.74, 6) is 0. The number of aryl methyl sites for hydroxylation is 1. The molecule has 2 nitrogen and oxygen atoms in total. The Bertz CT molecular complexity index is 412. The molecule has 2 aliphatic rings. The van der Waals surface area contributed by atoms with Crippen molar-refractivity contribution in [3.8, 4) is 0 Å². The van der Waals surface area contributed by atoms with E-state index in [1.165, 1.54) is 43.2 Å². The van der Waals surface area contributed by atoms with E-state index in [1.807, 2.05) is 0 Å². The highest BCUT2D eigenvalue weighted by Gasteiger charge is 2.35. The first-order valence-electron chi connectivity index (χ1n) is 8.29. The van der Waals surface area contributed by atoms with Gasteiger partial charge in [0.25, 0.3) is 0 Å². The highest BCUT2D eigenvalue weighted by Crippen LogP contribution is 2.32. The molecule has 0 saturated carbocycles. The zero-order chi connectivity index (χ0) is 13.9. The van der Waals surface area contributed by atoms with Crippen LogP contribution in [0.4, 0.5) is 0 Å². The fraction of sp³-hybridized carbons (Fsp3) is 0.667. The zero-order valence-electron chi connectivity index (χ0n) is 12.9. The Morgan fingerprint density at radius 1 is 1.05 bits per heavy atom. The van der Waals surface area contributed by atoms with E-state index in [9.17, 15) is 0 Å². The number of hydrogen-bond donors (Lipinski definition) is 1. The summed E-state index contributed by atoms with van der Waals surface area (Å²) >= 11 is 0. The summed E-state index contributed by atoms with van der Waals surface area (Å²) in [6.45, 7) is 3.24.